The average Bonchev–Trinajstić information content (AvgIpc) is 3.17. The fraction of sp³-hybridized carbons (Fsp3) is 0.179. The van der Waals surface area contributed by atoms with Crippen LogP contribution in [0.3, 0.4) is 0 Å². The van der Waals surface area contributed by atoms with Gasteiger partial charge < -0.3 is 14.8 Å². The van der Waals surface area contributed by atoms with Crippen molar-refractivity contribution in [3.8, 4) is 5.75 Å². The zero-order valence-electron chi connectivity index (χ0n) is 21.5. The molecular weight excluding hydrogens is 556 g/mol. The molecule has 1 aliphatic rings. The SMILES string of the molecule is CCOC(=O)c1ccc(NC(=O)CC2C(=O)N(c3ccc(Cl)cc3)C(=S)N2NC(=O)c2cccc(OC)c2)cc1. The average molecular weight is 581 g/mol. The van der Waals surface area contributed by atoms with Crippen molar-refractivity contribution in [3.05, 3.63) is 88.9 Å². The van der Waals surface area contributed by atoms with Crippen molar-refractivity contribution < 1.29 is 28.7 Å². The summed E-state index contributed by atoms with van der Waals surface area (Å²) in [4.78, 5) is 52.8. The molecule has 1 heterocycles. The molecule has 0 radical (unpaired) electrons. The van der Waals surface area contributed by atoms with Crippen LogP contribution < -0.4 is 20.4 Å². The molecular formula is C28H25ClN4O6S. The largest absolute Gasteiger partial charge is 0.497 e. The molecule has 3 aromatic rings. The molecule has 12 heteroatoms. The molecule has 40 heavy (non-hydrogen) atoms. The Hall–Kier alpha value is -4.48. The highest BCUT2D eigenvalue weighted by Gasteiger charge is 2.45. The number of rotatable bonds is 9. The van der Waals surface area contributed by atoms with Gasteiger partial charge in [0, 0.05) is 16.3 Å². The van der Waals surface area contributed by atoms with Gasteiger partial charge in [-0.3, -0.25) is 24.7 Å². The highest BCUT2D eigenvalue weighted by molar-refractivity contribution is 7.80. The molecule has 0 saturated carbocycles. The number of ether oxygens (including phenoxy) is 2. The van der Waals surface area contributed by atoms with Crippen LogP contribution in [-0.2, 0) is 14.3 Å². The Kier molecular flexibility index (Phi) is 8.97. The number of hydrogen-bond acceptors (Lipinski definition) is 7. The molecule has 1 atom stereocenters. The molecule has 3 aromatic carbocycles. The van der Waals surface area contributed by atoms with E-state index in [-0.39, 0.29) is 23.7 Å². The second-order valence-electron chi connectivity index (χ2n) is 8.54. The summed E-state index contributed by atoms with van der Waals surface area (Å²) < 4.78 is 10.2. The van der Waals surface area contributed by atoms with Crippen LogP contribution in [0.5, 0.6) is 5.75 Å². The minimum atomic E-state index is -1.14. The Morgan fingerprint density at radius 3 is 2.35 bits per heavy atom. The molecule has 4 rings (SSSR count). The summed E-state index contributed by atoms with van der Waals surface area (Å²) in [6.45, 7) is 1.95. The lowest BCUT2D eigenvalue weighted by Crippen LogP contribution is -2.49. The van der Waals surface area contributed by atoms with Gasteiger partial charge in [-0.25, -0.2) is 9.80 Å². The third-order valence-electron chi connectivity index (χ3n) is 5.91. The Bertz CT molecular complexity index is 1450. The van der Waals surface area contributed by atoms with Gasteiger partial charge in [0.15, 0.2) is 0 Å². The van der Waals surface area contributed by atoms with E-state index >= 15 is 0 Å². The summed E-state index contributed by atoms with van der Waals surface area (Å²) >= 11 is 11.6. The van der Waals surface area contributed by atoms with Crippen LogP contribution in [-0.4, -0.2) is 53.6 Å². The third kappa shape index (κ3) is 6.38. The van der Waals surface area contributed by atoms with Crippen LogP contribution in [0.15, 0.2) is 72.8 Å². The molecule has 1 fully saturated rings. The molecule has 10 nitrogen and oxygen atoms in total. The number of nitrogens with zero attached hydrogens (tertiary/aromatic N) is 2. The lowest BCUT2D eigenvalue weighted by atomic mass is 10.1. The van der Waals surface area contributed by atoms with Crippen molar-refractivity contribution in [2.24, 2.45) is 0 Å². The molecule has 2 N–H and O–H groups in total. The lowest BCUT2D eigenvalue weighted by molar-refractivity contribution is -0.124. The van der Waals surface area contributed by atoms with E-state index in [0.717, 1.165) is 0 Å². The summed E-state index contributed by atoms with van der Waals surface area (Å²) in [5.41, 5.74) is 4.11. The number of hydrazine groups is 1. The first-order valence-electron chi connectivity index (χ1n) is 12.2. The Morgan fingerprint density at radius 1 is 1.00 bits per heavy atom. The molecule has 3 amide bonds. The fourth-order valence-corrected chi connectivity index (χ4v) is 4.45. The van der Waals surface area contributed by atoms with Crippen LogP contribution in [0.25, 0.3) is 0 Å². The number of hydrogen-bond donors (Lipinski definition) is 2. The zero-order chi connectivity index (χ0) is 28.8. The van der Waals surface area contributed by atoms with Crippen LogP contribution in [0.4, 0.5) is 11.4 Å². The van der Waals surface area contributed by atoms with Gasteiger partial charge in [-0.05, 0) is 85.9 Å². The zero-order valence-corrected chi connectivity index (χ0v) is 23.1. The third-order valence-corrected chi connectivity index (χ3v) is 6.54. The number of methoxy groups -OCH3 is 1. The first-order chi connectivity index (χ1) is 19.2. The number of thiocarbonyl (C=S) groups is 1. The summed E-state index contributed by atoms with van der Waals surface area (Å²) in [5.74, 6) is -1.57. The van der Waals surface area contributed by atoms with E-state index in [1.807, 2.05) is 0 Å². The van der Waals surface area contributed by atoms with Crippen molar-refractivity contribution in [1.82, 2.24) is 10.4 Å². The minimum Gasteiger partial charge on any atom is -0.497 e. The van der Waals surface area contributed by atoms with E-state index in [9.17, 15) is 19.2 Å². The number of anilines is 2. The Balaban J connectivity index is 1.55. The van der Waals surface area contributed by atoms with E-state index in [4.69, 9.17) is 33.3 Å². The quantitative estimate of drug-likeness (QED) is 0.286. The Morgan fingerprint density at radius 2 is 1.70 bits per heavy atom. The number of carbonyl (C=O) groups is 4. The summed E-state index contributed by atoms with van der Waals surface area (Å²) in [7, 11) is 1.48. The van der Waals surface area contributed by atoms with E-state index < -0.39 is 29.7 Å². The predicted octanol–water partition coefficient (Wildman–Crippen LogP) is 4.20. The molecule has 0 bridgehead atoms. The number of carbonyl (C=O) groups excluding carboxylic acids is 4. The smallest absolute Gasteiger partial charge is 0.338 e. The highest BCUT2D eigenvalue weighted by atomic mass is 35.5. The predicted molar refractivity (Wildman–Crippen MR) is 153 cm³/mol. The van der Waals surface area contributed by atoms with Gasteiger partial charge >= 0.3 is 5.97 Å². The van der Waals surface area contributed by atoms with Crippen LogP contribution in [0, 0.1) is 0 Å². The molecule has 1 aliphatic heterocycles. The highest BCUT2D eigenvalue weighted by Crippen LogP contribution is 2.28. The maximum atomic E-state index is 13.6. The first-order valence-corrected chi connectivity index (χ1v) is 12.9. The van der Waals surface area contributed by atoms with Gasteiger partial charge in [-0.2, -0.15) is 0 Å². The molecule has 1 unspecified atom stereocenters. The Labute approximate surface area is 240 Å². The van der Waals surface area contributed by atoms with E-state index in [2.05, 4.69) is 10.7 Å². The summed E-state index contributed by atoms with van der Waals surface area (Å²) in [6, 6.07) is 17.9. The standard InChI is InChI=1S/C28H25ClN4O6S/c1-3-39-27(37)17-7-11-20(12-8-17)30-24(34)16-23-26(36)32(21-13-9-19(29)10-14-21)28(40)33(23)31-25(35)18-5-4-6-22(15-18)38-2/h4-15,23H,3,16H2,1-2H3,(H,30,34)(H,31,35). The second-order valence-corrected chi connectivity index (χ2v) is 9.34. The normalized spacial score (nSPS) is 14.6. The van der Waals surface area contributed by atoms with Gasteiger partial charge in [0.1, 0.15) is 11.8 Å². The summed E-state index contributed by atoms with van der Waals surface area (Å²) in [5, 5.41) is 4.37. The molecule has 206 valence electrons. The first kappa shape index (κ1) is 28.5. The maximum absolute atomic E-state index is 13.6. The van der Waals surface area contributed by atoms with Crippen molar-refractivity contribution in [3.63, 3.8) is 0 Å². The van der Waals surface area contributed by atoms with Crippen molar-refractivity contribution >= 4 is 64.0 Å². The van der Waals surface area contributed by atoms with Crippen LogP contribution >= 0.6 is 23.8 Å². The van der Waals surface area contributed by atoms with Crippen molar-refractivity contribution in [2.75, 3.05) is 23.9 Å². The van der Waals surface area contributed by atoms with Crippen molar-refractivity contribution in [2.45, 2.75) is 19.4 Å². The lowest BCUT2D eigenvalue weighted by Gasteiger charge is -2.24. The monoisotopic (exact) mass is 580 g/mol. The number of nitrogens with one attached hydrogen (secondary N) is 2. The summed E-state index contributed by atoms with van der Waals surface area (Å²) in [6.07, 6.45) is -0.332. The fourth-order valence-electron chi connectivity index (χ4n) is 3.96. The van der Waals surface area contributed by atoms with Gasteiger partial charge in [0.25, 0.3) is 11.8 Å². The van der Waals surface area contributed by atoms with E-state index in [1.165, 1.54) is 35.2 Å². The molecule has 0 spiro atoms. The van der Waals surface area contributed by atoms with Gasteiger partial charge in [0.2, 0.25) is 11.0 Å². The van der Waals surface area contributed by atoms with Crippen LogP contribution in [0.1, 0.15) is 34.1 Å². The number of esters is 1. The van der Waals surface area contributed by atoms with Gasteiger partial charge in [-0.15, -0.1) is 0 Å². The number of amides is 3. The van der Waals surface area contributed by atoms with Crippen LogP contribution in [0.2, 0.25) is 5.02 Å². The maximum Gasteiger partial charge on any atom is 0.338 e. The number of benzene rings is 3. The molecule has 0 aliphatic carbocycles. The van der Waals surface area contributed by atoms with Gasteiger partial charge in [0.05, 0.1) is 31.4 Å². The second kappa shape index (κ2) is 12.6. The number of halogens is 1. The van der Waals surface area contributed by atoms with E-state index in [0.29, 0.717) is 27.7 Å². The topological polar surface area (TPSA) is 117 Å². The van der Waals surface area contributed by atoms with Gasteiger partial charge in [-0.1, -0.05) is 17.7 Å². The minimum absolute atomic E-state index is 0.0137. The molecule has 1 saturated heterocycles. The van der Waals surface area contributed by atoms with E-state index in [1.54, 1.807) is 61.5 Å². The molecule has 0 aromatic heterocycles. The van der Waals surface area contributed by atoms with Crippen molar-refractivity contribution in [1.29, 1.82) is 0 Å².